The van der Waals surface area contributed by atoms with Crippen molar-refractivity contribution in [3.63, 3.8) is 0 Å². The first-order valence-corrected chi connectivity index (χ1v) is 14.7. The van der Waals surface area contributed by atoms with Gasteiger partial charge in [0.15, 0.2) is 18.3 Å². The van der Waals surface area contributed by atoms with Crippen LogP contribution in [-0.2, 0) is 21.3 Å². The molecular weight excluding hydrogens is 564 g/mol. The number of amides is 1. The SMILES string of the molecule is CCOC(=O)c1nc(-c2cc3cn(C)nc3c(C)c2OCOC)nc2ccc(N3CCN(C(=O)OC(C)(C)C)[C@@H](C)C3)cc12. The van der Waals surface area contributed by atoms with Gasteiger partial charge in [-0.05, 0) is 65.8 Å². The summed E-state index contributed by atoms with van der Waals surface area (Å²) in [4.78, 5) is 39.6. The third-order valence-corrected chi connectivity index (χ3v) is 7.43. The van der Waals surface area contributed by atoms with Crippen molar-refractivity contribution in [2.75, 3.05) is 45.0 Å². The van der Waals surface area contributed by atoms with Gasteiger partial charge in [0.2, 0.25) is 0 Å². The summed E-state index contributed by atoms with van der Waals surface area (Å²) in [5.41, 5.74) is 3.30. The zero-order valence-corrected chi connectivity index (χ0v) is 26.6. The molecule has 0 spiro atoms. The van der Waals surface area contributed by atoms with E-state index in [0.717, 1.165) is 22.2 Å². The van der Waals surface area contributed by atoms with Crippen LogP contribution in [0.4, 0.5) is 10.5 Å². The predicted octanol–water partition coefficient (Wildman–Crippen LogP) is 5.10. The number of ether oxygens (including phenoxy) is 4. The van der Waals surface area contributed by atoms with Crippen LogP contribution in [0, 0.1) is 6.92 Å². The number of hydrogen-bond acceptors (Lipinski definition) is 10. The van der Waals surface area contributed by atoms with Crippen LogP contribution in [0.1, 0.15) is 50.7 Å². The fourth-order valence-corrected chi connectivity index (χ4v) is 5.48. The van der Waals surface area contributed by atoms with Gasteiger partial charge < -0.3 is 28.7 Å². The summed E-state index contributed by atoms with van der Waals surface area (Å²) in [6, 6.07) is 7.61. The summed E-state index contributed by atoms with van der Waals surface area (Å²) in [6.45, 7) is 13.2. The Balaban J connectivity index is 1.55. The van der Waals surface area contributed by atoms with Gasteiger partial charge in [-0.25, -0.2) is 19.6 Å². The maximum Gasteiger partial charge on any atom is 0.410 e. The monoisotopic (exact) mass is 604 g/mol. The van der Waals surface area contributed by atoms with Crippen LogP contribution in [0.2, 0.25) is 0 Å². The van der Waals surface area contributed by atoms with E-state index in [0.29, 0.717) is 47.7 Å². The first-order valence-electron chi connectivity index (χ1n) is 14.7. The average molecular weight is 605 g/mol. The lowest BCUT2D eigenvalue weighted by Crippen LogP contribution is -2.55. The number of fused-ring (bicyclic) bond motifs is 2. The van der Waals surface area contributed by atoms with Crippen molar-refractivity contribution in [2.24, 2.45) is 7.05 Å². The molecule has 3 heterocycles. The van der Waals surface area contributed by atoms with Crippen molar-refractivity contribution in [3.8, 4) is 17.1 Å². The van der Waals surface area contributed by atoms with E-state index >= 15 is 0 Å². The number of hydrogen-bond donors (Lipinski definition) is 0. The van der Waals surface area contributed by atoms with Gasteiger partial charge in [0.25, 0.3) is 0 Å². The summed E-state index contributed by atoms with van der Waals surface area (Å²) >= 11 is 0. The second-order valence-corrected chi connectivity index (χ2v) is 12.0. The van der Waals surface area contributed by atoms with Crippen LogP contribution >= 0.6 is 0 Å². The van der Waals surface area contributed by atoms with Crippen LogP contribution in [0.3, 0.4) is 0 Å². The van der Waals surface area contributed by atoms with Gasteiger partial charge in [0.1, 0.15) is 11.4 Å². The third kappa shape index (κ3) is 6.26. The van der Waals surface area contributed by atoms with Crippen LogP contribution < -0.4 is 9.64 Å². The molecular formula is C32H40N6O6. The van der Waals surface area contributed by atoms with Crippen LogP contribution in [-0.4, -0.2) is 88.5 Å². The number of aryl methyl sites for hydroxylation is 2. The maximum absolute atomic E-state index is 13.3. The molecule has 0 radical (unpaired) electrons. The van der Waals surface area contributed by atoms with Crippen molar-refractivity contribution < 1.29 is 28.5 Å². The molecule has 12 nitrogen and oxygen atoms in total. The molecule has 1 aliphatic rings. The number of carbonyl (C=O) groups excluding carboxylic acids is 2. The van der Waals surface area contributed by atoms with Crippen molar-refractivity contribution in [1.29, 1.82) is 0 Å². The highest BCUT2D eigenvalue weighted by Crippen LogP contribution is 2.38. The maximum atomic E-state index is 13.3. The quantitative estimate of drug-likeness (QED) is 0.208. The van der Waals surface area contributed by atoms with Crippen molar-refractivity contribution in [2.45, 2.75) is 53.2 Å². The molecule has 12 heteroatoms. The van der Waals surface area contributed by atoms with Crippen LogP contribution in [0.5, 0.6) is 5.75 Å². The Bertz CT molecular complexity index is 1710. The molecule has 2 aromatic carbocycles. The smallest absolute Gasteiger partial charge is 0.410 e. The van der Waals surface area contributed by atoms with E-state index in [1.165, 1.54) is 0 Å². The molecule has 44 heavy (non-hydrogen) atoms. The second-order valence-electron chi connectivity index (χ2n) is 12.0. The number of piperazine rings is 1. The van der Waals surface area contributed by atoms with Crippen molar-refractivity contribution in [3.05, 3.63) is 41.7 Å². The predicted molar refractivity (Wildman–Crippen MR) is 167 cm³/mol. The molecule has 5 rings (SSSR count). The molecule has 1 fully saturated rings. The van der Waals surface area contributed by atoms with Gasteiger partial charge in [0.05, 0.1) is 23.2 Å². The zero-order chi connectivity index (χ0) is 31.8. The van der Waals surface area contributed by atoms with Crippen molar-refractivity contribution in [1.82, 2.24) is 24.6 Å². The highest BCUT2D eigenvalue weighted by atomic mass is 16.7. The van der Waals surface area contributed by atoms with Gasteiger partial charge in [-0.15, -0.1) is 0 Å². The second kappa shape index (κ2) is 12.3. The molecule has 4 aromatic rings. The molecule has 2 aromatic heterocycles. The molecule has 1 saturated heterocycles. The van der Waals surface area contributed by atoms with Gasteiger partial charge in [-0.3, -0.25) is 4.68 Å². The minimum Gasteiger partial charge on any atom is -0.466 e. The fourth-order valence-electron chi connectivity index (χ4n) is 5.48. The lowest BCUT2D eigenvalue weighted by atomic mass is 10.0. The Morgan fingerprint density at radius 2 is 1.89 bits per heavy atom. The lowest BCUT2D eigenvalue weighted by Gasteiger charge is -2.41. The summed E-state index contributed by atoms with van der Waals surface area (Å²) in [5, 5.41) is 6.04. The summed E-state index contributed by atoms with van der Waals surface area (Å²) in [6.07, 6.45) is 1.59. The van der Waals surface area contributed by atoms with Crippen LogP contribution in [0.15, 0.2) is 30.5 Å². The molecule has 1 atom stereocenters. The first kappa shape index (κ1) is 31.0. The van der Waals surface area contributed by atoms with Gasteiger partial charge >= 0.3 is 12.1 Å². The van der Waals surface area contributed by atoms with Gasteiger partial charge in [-0.2, -0.15) is 5.10 Å². The lowest BCUT2D eigenvalue weighted by molar-refractivity contribution is 0.0158. The van der Waals surface area contributed by atoms with Crippen LogP contribution in [0.25, 0.3) is 33.2 Å². The van der Waals surface area contributed by atoms with Gasteiger partial charge in [-0.1, -0.05) is 0 Å². The number of carbonyl (C=O) groups is 2. The Kier molecular flexibility index (Phi) is 8.64. The Hall–Kier alpha value is -4.45. The summed E-state index contributed by atoms with van der Waals surface area (Å²) in [7, 11) is 3.41. The fraction of sp³-hybridized carbons (Fsp3) is 0.469. The minimum atomic E-state index is -0.562. The number of anilines is 1. The van der Waals surface area contributed by atoms with E-state index in [2.05, 4.69) is 10.00 Å². The standard InChI is InChI=1S/C32H40N6O6/c1-9-42-30(39)27-23-15-22(37-12-13-38(19(2)16-37)31(40)44-32(4,5)6)10-11-25(23)33-29(34-27)24-14-21-17-36(7)35-26(21)20(3)28(24)43-18-41-8/h10-11,14-15,17,19H,9,12-13,16,18H2,1-8H3/t19-/m0/s1. The molecule has 0 bridgehead atoms. The Labute approximate surface area is 256 Å². The van der Waals surface area contributed by atoms with E-state index in [1.54, 1.807) is 23.6 Å². The van der Waals surface area contributed by atoms with Gasteiger partial charge in [0, 0.05) is 68.1 Å². The highest BCUT2D eigenvalue weighted by Gasteiger charge is 2.31. The minimum absolute atomic E-state index is 0.0213. The highest BCUT2D eigenvalue weighted by molar-refractivity contribution is 6.03. The normalized spacial score (nSPS) is 15.6. The van der Waals surface area contributed by atoms with E-state index < -0.39 is 11.6 Å². The number of aromatic nitrogens is 4. The molecule has 1 amide bonds. The first-order chi connectivity index (χ1) is 20.9. The molecule has 1 aliphatic heterocycles. The van der Waals surface area contributed by atoms with Crippen molar-refractivity contribution >= 4 is 39.6 Å². The summed E-state index contributed by atoms with van der Waals surface area (Å²) in [5.74, 6) is 0.313. The van der Waals surface area contributed by atoms with E-state index in [4.69, 9.17) is 28.9 Å². The van der Waals surface area contributed by atoms with E-state index in [9.17, 15) is 9.59 Å². The number of benzene rings is 2. The molecule has 0 unspecified atom stereocenters. The number of esters is 1. The number of rotatable bonds is 7. The zero-order valence-electron chi connectivity index (χ0n) is 26.6. The van der Waals surface area contributed by atoms with E-state index in [1.807, 2.05) is 72.1 Å². The topological polar surface area (TPSA) is 121 Å². The average Bonchev–Trinajstić information content (AvgIpc) is 3.35. The molecule has 0 aliphatic carbocycles. The summed E-state index contributed by atoms with van der Waals surface area (Å²) < 4.78 is 24.0. The Morgan fingerprint density at radius 3 is 2.57 bits per heavy atom. The largest absolute Gasteiger partial charge is 0.466 e. The molecule has 0 saturated carbocycles. The molecule has 0 N–H and O–H groups in total. The number of methoxy groups -OCH3 is 1. The molecule has 234 valence electrons. The number of nitrogens with zero attached hydrogens (tertiary/aromatic N) is 6. The third-order valence-electron chi connectivity index (χ3n) is 7.43. The Morgan fingerprint density at radius 1 is 1.11 bits per heavy atom. The van der Waals surface area contributed by atoms with E-state index in [-0.39, 0.29) is 31.2 Å².